The highest BCUT2D eigenvalue weighted by molar-refractivity contribution is 9.10. The number of hydrogen-bond acceptors (Lipinski definition) is 3. The zero-order valence-corrected chi connectivity index (χ0v) is 11.4. The van der Waals surface area contributed by atoms with Crippen LogP contribution in [-0.2, 0) is 0 Å². The standard InChI is InChI=1S/C12H10BrN3S/c13-9-10(7-1-2-7)15-11(16-12(9)17)8-3-5-14-6-4-8/h3-7H,1-2H2,(H,15,16,17). The molecular formula is C12H10BrN3S. The van der Waals surface area contributed by atoms with Gasteiger partial charge in [-0.3, -0.25) is 4.98 Å². The molecular weight excluding hydrogens is 298 g/mol. The Morgan fingerprint density at radius 1 is 1.29 bits per heavy atom. The van der Waals surface area contributed by atoms with E-state index in [9.17, 15) is 0 Å². The van der Waals surface area contributed by atoms with Crippen LogP contribution in [0.15, 0.2) is 29.0 Å². The summed E-state index contributed by atoms with van der Waals surface area (Å²) in [5.41, 5.74) is 2.19. The van der Waals surface area contributed by atoms with Crippen molar-refractivity contribution < 1.29 is 0 Å². The molecule has 2 aromatic rings. The molecule has 2 heterocycles. The summed E-state index contributed by atoms with van der Waals surface area (Å²) in [7, 11) is 0. The number of halogens is 1. The average Bonchev–Trinajstić information content (AvgIpc) is 3.18. The molecule has 1 aliphatic rings. The smallest absolute Gasteiger partial charge is 0.144 e. The first-order valence-corrected chi connectivity index (χ1v) is 6.66. The van der Waals surface area contributed by atoms with Gasteiger partial charge in [0.15, 0.2) is 0 Å². The number of rotatable bonds is 2. The molecule has 3 nitrogen and oxygen atoms in total. The van der Waals surface area contributed by atoms with Gasteiger partial charge in [0, 0.05) is 29.6 Å². The average molecular weight is 308 g/mol. The summed E-state index contributed by atoms with van der Waals surface area (Å²) in [6.45, 7) is 0. The van der Waals surface area contributed by atoms with E-state index in [4.69, 9.17) is 12.2 Å². The summed E-state index contributed by atoms with van der Waals surface area (Å²) in [5, 5.41) is 0. The van der Waals surface area contributed by atoms with Crippen molar-refractivity contribution in [1.29, 1.82) is 0 Å². The molecule has 0 radical (unpaired) electrons. The molecule has 0 atom stereocenters. The lowest BCUT2D eigenvalue weighted by Crippen LogP contribution is -1.97. The summed E-state index contributed by atoms with van der Waals surface area (Å²) in [5.74, 6) is 1.43. The molecule has 0 aliphatic heterocycles. The summed E-state index contributed by atoms with van der Waals surface area (Å²) >= 11 is 8.80. The lowest BCUT2D eigenvalue weighted by atomic mass is 10.2. The molecule has 0 aromatic carbocycles. The number of pyridine rings is 1. The maximum atomic E-state index is 5.28. The minimum atomic E-state index is 0.606. The minimum absolute atomic E-state index is 0.606. The Hall–Kier alpha value is -1.07. The zero-order chi connectivity index (χ0) is 11.8. The van der Waals surface area contributed by atoms with E-state index in [-0.39, 0.29) is 0 Å². The molecule has 2 aromatic heterocycles. The van der Waals surface area contributed by atoms with Gasteiger partial charge in [-0.2, -0.15) is 0 Å². The molecule has 1 saturated carbocycles. The second-order valence-electron chi connectivity index (χ2n) is 4.13. The van der Waals surface area contributed by atoms with Crippen LogP contribution in [0.25, 0.3) is 11.4 Å². The third kappa shape index (κ3) is 2.17. The molecule has 1 fully saturated rings. The van der Waals surface area contributed by atoms with Crippen molar-refractivity contribution in [2.75, 3.05) is 0 Å². The van der Waals surface area contributed by atoms with Gasteiger partial charge in [-0.25, -0.2) is 4.98 Å². The van der Waals surface area contributed by atoms with Gasteiger partial charge in [0.1, 0.15) is 10.5 Å². The molecule has 0 unspecified atom stereocenters. The van der Waals surface area contributed by atoms with Crippen molar-refractivity contribution in [3.63, 3.8) is 0 Å². The van der Waals surface area contributed by atoms with E-state index in [1.807, 2.05) is 12.1 Å². The molecule has 5 heteroatoms. The quantitative estimate of drug-likeness (QED) is 0.857. The molecule has 86 valence electrons. The fourth-order valence-electron chi connectivity index (χ4n) is 1.78. The minimum Gasteiger partial charge on any atom is -0.342 e. The van der Waals surface area contributed by atoms with Crippen LogP contribution in [-0.4, -0.2) is 15.0 Å². The Morgan fingerprint density at radius 2 is 2.00 bits per heavy atom. The Bertz CT molecular complexity index is 605. The summed E-state index contributed by atoms with van der Waals surface area (Å²) in [4.78, 5) is 11.8. The van der Waals surface area contributed by atoms with E-state index in [2.05, 4.69) is 30.9 Å². The van der Waals surface area contributed by atoms with Crippen molar-refractivity contribution in [3.8, 4) is 11.4 Å². The largest absolute Gasteiger partial charge is 0.342 e. The van der Waals surface area contributed by atoms with Gasteiger partial charge in [-0.05, 0) is 40.9 Å². The number of nitrogens with one attached hydrogen (secondary N) is 1. The van der Waals surface area contributed by atoms with E-state index in [1.165, 1.54) is 18.5 Å². The van der Waals surface area contributed by atoms with Gasteiger partial charge in [-0.15, -0.1) is 0 Å². The topological polar surface area (TPSA) is 41.6 Å². The summed E-state index contributed by atoms with van der Waals surface area (Å²) < 4.78 is 1.56. The summed E-state index contributed by atoms with van der Waals surface area (Å²) in [6.07, 6.45) is 5.97. The van der Waals surface area contributed by atoms with Gasteiger partial charge in [0.25, 0.3) is 0 Å². The van der Waals surface area contributed by atoms with Crippen LogP contribution < -0.4 is 0 Å². The zero-order valence-electron chi connectivity index (χ0n) is 8.98. The Morgan fingerprint density at radius 3 is 2.65 bits per heavy atom. The van der Waals surface area contributed by atoms with E-state index in [0.717, 1.165) is 15.9 Å². The molecule has 0 spiro atoms. The van der Waals surface area contributed by atoms with Crippen LogP contribution in [0.4, 0.5) is 0 Å². The van der Waals surface area contributed by atoms with E-state index in [1.54, 1.807) is 12.4 Å². The molecule has 0 saturated heterocycles. The fourth-order valence-corrected chi connectivity index (χ4v) is 2.49. The van der Waals surface area contributed by atoms with Crippen molar-refractivity contribution >= 4 is 28.1 Å². The van der Waals surface area contributed by atoms with Crippen molar-refractivity contribution in [2.24, 2.45) is 0 Å². The van der Waals surface area contributed by atoms with E-state index < -0.39 is 0 Å². The van der Waals surface area contributed by atoms with Crippen LogP contribution in [0, 0.1) is 4.64 Å². The SMILES string of the molecule is S=c1nc(-c2ccncc2)[nH]c(C2CC2)c1Br. The monoisotopic (exact) mass is 307 g/mol. The normalized spacial score (nSPS) is 14.9. The number of H-pyrrole nitrogens is 1. The predicted molar refractivity (Wildman–Crippen MR) is 72.3 cm³/mol. The number of aromatic nitrogens is 3. The van der Waals surface area contributed by atoms with Gasteiger partial charge in [0.05, 0.1) is 4.47 Å². The van der Waals surface area contributed by atoms with Crippen LogP contribution >= 0.6 is 28.1 Å². The van der Waals surface area contributed by atoms with Crippen molar-refractivity contribution in [3.05, 3.63) is 39.3 Å². The first kappa shape index (κ1) is 11.0. The van der Waals surface area contributed by atoms with Crippen molar-refractivity contribution in [2.45, 2.75) is 18.8 Å². The lowest BCUT2D eigenvalue weighted by Gasteiger charge is -2.07. The van der Waals surface area contributed by atoms with Gasteiger partial charge < -0.3 is 4.98 Å². The first-order valence-electron chi connectivity index (χ1n) is 5.46. The molecule has 17 heavy (non-hydrogen) atoms. The third-order valence-corrected chi connectivity index (χ3v) is 4.19. The molecule has 3 rings (SSSR count). The van der Waals surface area contributed by atoms with Crippen molar-refractivity contribution in [1.82, 2.24) is 15.0 Å². The molecule has 0 amide bonds. The molecule has 0 bridgehead atoms. The Balaban J connectivity index is 2.15. The number of aromatic amines is 1. The number of hydrogen-bond donors (Lipinski definition) is 1. The number of nitrogens with zero attached hydrogens (tertiary/aromatic N) is 2. The fraction of sp³-hybridized carbons (Fsp3) is 0.250. The van der Waals surface area contributed by atoms with Gasteiger partial charge >= 0.3 is 0 Å². The van der Waals surface area contributed by atoms with Gasteiger partial charge in [-0.1, -0.05) is 12.2 Å². The Labute approximate surface area is 112 Å². The lowest BCUT2D eigenvalue weighted by molar-refractivity contribution is 0.972. The second-order valence-corrected chi connectivity index (χ2v) is 5.31. The highest BCUT2D eigenvalue weighted by atomic mass is 79.9. The van der Waals surface area contributed by atoms with Crippen LogP contribution in [0.3, 0.4) is 0 Å². The highest BCUT2D eigenvalue weighted by Gasteiger charge is 2.27. The predicted octanol–water partition coefficient (Wildman–Crippen LogP) is 3.84. The highest BCUT2D eigenvalue weighted by Crippen LogP contribution is 2.42. The van der Waals surface area contributed by atoms with Crippen LogP contribution in [0.2, 0.25) is 0 Å². The second kappa shape index (κ2) is 4.31. The van der Waals surface area contributed by atoms with E-state index in [0.29, 0.717) is 10.6 Å². The van der Waals surface area contributed by atoms with E-state index >= 15 is 0 Å². The maximum Gasteiger partial charge on any atom is 0.144 e. The summed E-state index contributed by atoms with van der Waals surface area (Å²) in [6, 6.07) is 3.86. The Kier molecular flexibility index (Phi) is 2.80. The molecule has 1 aliphatic carbocycles. The first-order chi connectivity index (χ1) is 8.25. The third-order valence-electron chi connectivity index (χ3n) is 2.83. The maximum absolute atomic E-state index is 5.28. The molecule has 1 N–H and O–H groups in total. The van der Waals surface area contributed by atoms with Crippen LogP contribution in [0.1, 0.15) is 24.5 Å². The van der Waals surface area contributed by atoms with Crippen LogP contribution in [0.5, 0.6) is 0 Å². The van der Waals surface area contributed by atoms with Gasteiger partial charge in [0.2, 0.25) is 0 Å².